The van der Waals surface area contributed by atoms with Crippen molar-refractivity contribution in [1.82, 2.24) is 0 Å². The molecule has 0 aliphatic carbocycles. The molecule has 0 saturated carbocycles. The van der Waals surface area contributed by atoms with E-state index in [0.29, 0.717) is 29.4 Å². The Balaban J connectivity index is 1.79. The van der Waals surface area contributed by atoms with Crippen LogP contribution in [0.15, 0.2) is 36.4 Å². The number of rotatable bonds is 3. The minimum Gasteiger partial charge on any atom is -0.322 e. The van der Waals surface area contributed by atoms with Crippen molar-refractivity contribution >= 4 is 46.4 Å². The summed E-state index contributed by atoms with van der Waals surface area (Å²) in [6.07, 6.45) is 1.14. The van der Waals surface area contributed by atoms with Crippen LogP contribution in [0.2, 0.25) is 10.0 Å². The predicted octanol–water partition coefficient (Wildman–Crippen LogP) is 4.51. The van der Waals surface area contributed by atoms with Crippen molar-refractivity contribution in [3.05, 3.63) is 57.8 Å². The Bertz CT molecular complexity index is 806. The van der Waals surface area contributed by atoms with Crippen LogP contribution >= 0.6 is 23.2 Å². The molecular weight excluding hydrogens is 354 g/mol. The number of anilines is 2. The normalized spacial score (nSPS) is 14.1. The molecule has 0 atom stereocenters. The Kier molecular flexibility index (Phi) is 4.73. The topological polar surface area (TPSA) is 49.4 Å². The van der Waals surface area contributed by atoms with Crippen LogP contribution in [-0.2, 0) is 4.79 Å². The van der Waals surface area contributed by atoms with Crippen LogP contribution in [0.5, 0.6) is 0 Å². The Morgan fingerprint density at radius 3 is 2.42 bits per heavy atom. The van der Waals surface area contributed by atoms with E-state index < -0.39 is 11.7 Å². The summed E-state index contributed by atoms with van der Waals surface area (Å²) >= 11 is 11.7. The van der Waals surface area contributed by atoms with Crippen molar-refractivity contribution in [2.75, 3.05) is 16.8 Å². The number of carbonyl (C=O) groups is 2. The van der Waals surface area contributed by atoms with Gasteiger partial charge in [-0.3, -0.25) is 9.59 Å². The van der Waals surface area contributed by atoms with Crippen LogP contribution < -0.4 is 10.2 Å². The molecule has 24 heavy (non-hydrogen) atoms. The molecule has 124 valence electrons. The van der Waals surface area contributed by atoms with Crippen molar-refractivity contribution in [3.63, 3.8) is 0 Å². The molecule has 0 bridgehead atoms. The largest absolute Gasteiger partial charge is 0.322 e. The molecule has 1 saturated heterocycles. The first-order chi connectivity index (χ1) is 11.4. The number of hydrogen-bond donors (Lipinski definition) is 1. The highest BCUT2D eigenvalue weighted by Crippen LogP contribution is 2.27. The maximum atomic E-state index is 14.3. The van der Waals surface area contributed by atoms with E-state index in [1.807, 2.05) is 0 Å². The third-order valence-electron chi connectivity index (χ3n) is 3.69. The first kappa shape index (κ1) is 16.7. The van der Waals surface area contributed by atoms with Crippen LogP contribution in [0.4, 0.5) is 15.8 Å². The van der Waals surface area contributed by atoms with Crippen LogP contribution in [0.25, 0.3) is 0 Å². The van der Waals surface area contributed by atoms with E-state index in [1.54, 1.807) is 6.07 Å². The highest BCUT2D eigenvalue weighted by Gasteiger charge is 2.24. The first-order valence-electron chi connectivity index (χ1n) is 7.31. The van der Waals surface area contributed by atoms with E-state index in [-0.39, 0.29) is 22.8 Å². The standard InChI is InChI=1S/C17H13Cl2FN2O2/c18-11-6-10(7-12(19)8-11)17(24)21-13-3-4-15(14(20)9-13)22-5-1-2-16(22)23/h3-4,6-9H,1-2,5H2,(H,21,24). The van der Waals surface area contributed by atoms with Crippen molar-refractivity contribution in [3.8, 4) is 0 Å². The molecule has 2 aromatic rings. The van der Waals surface area contributed by atoms with Crippen LogP contribution in [0, 0.1) is 5.82 Å². The molecule has 0 aromatic heterocycles. The summed E-state index contributed by atoms with van der Waals surface area (Å²) < 4.78 is 14.3. The molecular formula is C17H13Cl2FN2O2. The second kappa shape index (κ2) is 6.79. The molecule has 1 N–H and O–H groups in total. The summed E-state index contributed by atoms with van der Waals surface area (Å²) in [7, 11) is 0. The molecule has 2 aromatic carbocycles. The van der Waals surface area contributed by atoms with Gasteiger partial charge in [-0.25, -0.2) is 4.39 Å². The molecule has 1 fully saturated rings. The minimum atomic E-state index is -0.563. The van der Waals surface area contributed by atoms with Gasteiger partial charge in [-0.05, 0) is 42.8 Å². The third-order valence-corrected chi connectivity index (χ3v) is 4.13. The van der Waals surface area contributed by atoms with Crippen molar-refractivity contribution in [1.29, 1.82) is 0 Å². The van der Waals surface area contributed by atoms with Gasteiger partial charge in [0.05, 0.1) is 5.69 Å². The van der Waals surface area contributed by atoms with Gasteiger partial charge >= 0.3 is 0 Å². The number of benzene rings is 2. The number of nitrogens with zero attached hydrogens (tertiary/aromatic N) is 1. The lowest BCUT2D eigenvalue weighted by Crippen LogP contribution is -2.24. The van der Waals surface area contributed by atoms with Gasteiger partial charge in [0.1, 0.15) is 5.82 Å². The smallest absolute Gasteiger partial charge is 0.255 e. The zero-order chi connectivity index (χ0) is 17.3. The summed E-state index contributed by atoms with van der Waals surface area (Å²) in [6, 6.07) is 8.67. The lowest BCUT2D eigenvalue weighted by atomic mass is 10.2. The van der Waals surface area contributed by atoms with Crippen LogP contribution in [0.3, 0.4) is 0 Å². The lowest BCUT2D eigenvalue weighted by molar-refractivity contribution is -0.117. The third kappa shape index (κ3) is 3.52. The quantitative estimate of drug-likeness (QED) is 0.868. The fourth-order valence-corrected chi connectivity index (χ4v) is 3.12. The monoisotopic (exact) mass is 366 g/mol. The fourth-order valence-electron chi connectivity index (χ4n) is 2.59. The predicted molar refractivity (Wildman–Crippen MR) is 92.4 cm³/mol. The molecule has 1 aliphatic rings. The first-order valence-corrected chi connectivity index (χ1v) is 8.07. The van der Waals surface area contributed by atoms with E-state index >= 15 is 0 Å². The average Bonchev–Trinajstić information content (AvgIpc) is 2.92. The Morgan fingerprint density at radius 2 is 1.83 bits per heavy atom. The maximum absolute atomic E-state index is 14.3. The van der Waals surface area contributed by atoms with E-state index in [4.69, 9.17) is 23.2 Å². The maximum Gasteiger partial charge on any atom is 0.255 e. The van der Waals surface area contributed by atoms with Gasteiger partial charge in [0, 0.05) is 34.3 Å². The van der Waals surface area contributed by atoms with Gasteiger partial charge in [-0.1, -0.05) is 23.2 Å². The Hall–Kier alpha value is -2.11. The zero-order valence-corrected chi connectivity index (χ0v) is 14.0. The summed E-state index contributed by atoms with van der Waals surface area (Å²) in [5.74, 6) is -1.12. The number of halogens is 3. The molecule has 0 radical (unpaired) electrons. The summed E-state index contributed by atoms with van der Waals surface area (Å²) in [6.45, 7) is 0.502. The molecule has 0 unspecified atom stereocenters. The molecule has 1 heterocycles. The number of carbonyl (C=O) groups excluding carboxylic acids is 2. The molecule has 1 aliphatic heterocycles. The highest BCUT2D eigenvalue weighted by atomic mass is 35.5. The fraction of sp³-hybridized carbons (Fsp3) is 0.176. The second-order valence-electron chi connectivity index (χ2n) is 5.43. The molecule has 7 heteroatoms. The summed E-state index contributed by atoms with van der Waals surface area (Å²) in [5, 5.41) is 3.25. The van der Waals surface area contributed by atoms with Gasteiger partial charge in [-0.15, -0.1) is 0 Å². The molecule has 4 nitrogen and oxygen atoms in total. The molecule has 3 rings (SSSR count). The van der Waals surface area contributed by atoms with E-state index in [1.165, 1.54) is 35.2 Å². The van der Waals surface area contributed by atoms with Gasteiger partial charge in [0.25, 0.3) is 5.91 Å². The SMILES string of the molecule is O=C(Nc1ccc(N2CCCC2=O)c(F)c1)c1cc(Cl)cc(Cl)c1. The van der Waals surface area contributed by atoms with E-state index in [2.05, 4.69) is 5.32 Å². The average molecular weight is 367 g/mol. The van der Waals surface area contributed by atoms with Gasteiger partial charge < -0.3 is 10.2 Å². The minimum absolute atomic E-state index is 0.0979. The number of nitrogens with one attached hydrogen (secondary N) is 1. The number of hydrogen-bond acceptors (Lipinski definition) is 2. The van der Waals surface area contributed by atoms with Gasteiger partial charge in [-0.2, -0.15) is 0 Å². The number of amides is 2. The molecule has 2 amide bonds. The van der Waals surface area contributed by atoms with Crippen molar-refractivity contribution in [2.24, 2.45) is 0 Å². The van der Waals surface area contributed by atoms with E-state index in [0.717, 1.165) is 0 Å². The van der Waals surface area contributed by atoms with Gasteiger partial charge in [0.2, 0.25) is 5.91 Å². The Morgan fingerprint density at radius 1 is 1.12 bits per heavy atom. The van der Waals surface area contributed by atoms with Crippen LogP contribution in [0.1, 0.15) is 23.2 Å². The summed E-state index contributed by atoms with van der Waals surface area (Å²) in [4.78, 5) is 25.3. The zero-order valence-electron chi connectivity index (χ0n) is 12.5. The van der Waals surface area contributed by atoms with Crippen LogP contribution in [-0.4, -0.2) is 18.4 Å². The van der Waals surface area contributed by atoms with Crippen molar-refractivity contribution in [2.45, 2.75) is 12.8 Å². The highest BCUT2D eigenvalue weighted by molar-refractivity contribution is 6.35. The Labute approximate surface area is 148 Å². The lowest BCUT2D eigenvalue weighted by Gasteiger charge is -2.17. The van der Waals surface area contributed by atoms with Gasteiger partial charge in [0.15, 0.2) is 0 Å². The summed E-state index contributed by atoms with van der Waals surface area (Å²) in [5.41, 5.74) is 0.775. The second-order valence-corrected chi connectivity index (χ2v) is 6.30. The van der Waals surface area contributed by atoms with Crippen molar-refractivity contribution < 1.29 is 14.0 Å². The molecule has 0 spiro atoms. The van der Waals surface area contributed by atoms with E-state index in [9.17, 15) is 14.0 Å².